The van der Waals surface area contributed by atoms with E-state index in [1.54, 1.807) is 24.4 Å². The van der Waals surface area contributed by atoms with Crippen LogP contribution in [0.1, 0.15) is 20.2 Å². The van der Waals surface area contributed by atoms with Crippen molar-refractivity contribution >= 4 is 23.5 Å². The van der Waals surface area contributed by atoms with Crippen LogP contribution in [0.15, 0.2) is 41.7 Å². The van der Waals surface area contributed by atoms with Crippen LogP contribution in [-0.4, -0.2) is 22.3 Å². The largest absolute Gasteiger partial charge is 0.477 e. The normalized spacial score (nSPS) is 10.7. The van der Waals surface area contributed by atoms with Gasteiger partial charge >= 0.3 is 5.97 Å². The molecular weight excluding hydrogens is 252 g/mol. The quantitative estimate of drug-likeness (QED) is 0.663. The number of carboxylic acids is 1. The van der Waals surface area contributed by atoms with E-state index in [4.69, 9.17) is 9.94 Å². The zero-order valence-electron chi connectivity index (χ0n) is 9.31. The molecule has 0 saturated heterocycles. The van der Waals surface area contributed by atoms with Gasteiger partial charge in [0.05, 0.1) is 11.9 Å². The summed E-state index contributed by atoms with van der Waals surface area (Å²) in [6, 6.07) is 8.74. The Morgan fingerprint density at radius 2 is 2.33 bits per heavy atom. The Labute approximate surface area is 107 Å². The predicted molar refractivity (Wildman–Crippen MR) is 67.9 cm³/mol. The lowest BCUT2D eigenvalue weighted by Gasteiger charge is -1.95. The number of hydrogen-bond donors (Lipinski definition) is 1. The number of aromatic nitrogens is 1. The molecule has 2 aromatic heterocycles. The maximum absolute atomic E-state index is 10.7. The molecule has 18 heavy (non-hydrogen) atoms. The topological polar surface area (TPSA) is 71.8 Å². The fourth-order valence-corrected chi connectivity index (χ4v) is 1.97. The Hall–Kier alpha value is -2.21. The van der Waals surface area contributed by atoms with E-state index in [2.05, 4.69) is 10.1 Å². The molecule has 5 nitrogen and oxygen atoms in total. The van der Waals surface area contributed by atoms with E-state index < -0.39 is 5.97 Å². The molecule has 0 saturated carbocycles. The first-order chi connectivity index (χ1) is 8.75. The van der Waals surface area contributed by atoms with E-state index in [0.717, 1.165) is 4.88 Å². The van der Waals surface area contributed by atoms with Crippen molar-refractivity contribution in [1.29, 1.82) is 0 Å². The van der Waals surface area contributed by atoms with E-state index in [-0.39, 0.29) is 6.61 Å². The van der Waals surface area contributed by atoms with Crippen LogP contribution in [0.5, 0.6) is 0 Å². The molecule has 0 unspecified atom stereocenters. The van der Waals surface area contributed by atoms with E-state index in [1.165, 1.54) is 17.6 Å². The summed E-state index contributed by atoms with van der Waals surface area (Å²) >= 11 is 1.17. The van der Waals surface area contributed by atoms with Gasteiger partial charge in [-0.15, -0.1) is 11.3 Å². The summed E-state index contributed by atoms with van der Waals surface area (Å²) in [5.74, 6) is -0.928. The Balaban J connectivity index is 1.85. The van der Waals surface area contributed by atoms with E-state index in [0.29, 0.717) is 10.6 Å². The minimum atomic E-state index is -0.928. The van der Waals surface area contributed by atoms with Gasteiger partial charge in [-0.3, -0.25) is 4.98 Å². The molecule has 0 radical (unpaired) electrons. The van der Waals surface area contributed by atoms with Crippen LogP contribution in [0.25, 0.3) is 0 Å². The number of nitrogens with zero attached hydrogens (tertiary/aromatic N) is 2. The maximum Gasteiger partial charge on any atom is 0.345 e. The number of carbonyl (C=O) groups is 1. The van der Waals surface area contributed by atoms with Crippen molar-refractivity contribution in [3.8, 4) is 0 Å². The van der Waals surface area contributed by atoms with Crippen LogP contribution < -0.4 is 0 Å². The van der Waals surface area contributed by atoms with Crippen molar-refractivity contribution in [3.63, 3.8) is 0 Å². The second-order valence-corrected chi connectivity index (χ2v) is 4.50. The van der Waals surface area contributed by atoms with Crippen LogP contribution in [0.4, 0.5) is 0 Å². The summed E-state index contributed by atoms with van der Waals surface area (Å²) in [6.07, 6.45) is 3.17. The molecule has 0 aliphatic carbocycles. The zero-order chi connectivity index (χ0) is 12.8. The summed E-state index contributed by atoms with van der Waals surface area (Å²) < 4.78 is 0. The Bertz CT molecular complexity index is 551. The van der Waals surface area contributed by atoms with E-state index >= 15 is 0 Å². The van der Waals surface area contributed by atoms with Gasteiger partial charge in [0.15, 0.2) is 6.61 Å². The third-order valence-electron chi connectivity index (χ3n) is 2.03. The molecule has 2 heterocycles. The number of rotatable bonds is 5. The Morgan fingerprint density at radius 1 is 1.44 bits per heavy atom. The third-order valence-corrected chi connectivity index (χ3v) is 3.07. The minimum absolute atomic E-state index is 0.251. The highest BCUT2D eigenvalue weighted by Crippen LogP contribution is 2.17. The van der Waals surface area contributed by atoms with Gasteiger partial charge in [0.1, 0.15) is 4.88 Å². The van der Waals surface area contributed by atoms with Crippen molar-refractivity contribution in [3.05, 3.63) is 52.0 Å². The standard InChI is InChI=1S/C12H10N2O3S/c15-12(16)11-5-4-10(18-11)8-17-14-7-9-3-1-2-6-13-9/h1-7H,8H2,(H,15,16). The van der Waals surface area contributed by atoms with Crippen molar-refractivity contribution in [2.75, 3.05) is 0 Å². The summed E-state index contributed by atoms with van der Waals surface area (Å²) in [7, 11) is 0. The van der Waals surface area contributed by atoms with Crippen LogP contribution >= 0.6 is 11.3 Å². The van der Waals surface area contributed by atoms with Gasteiger partial charge in [0.25, 0.3) is 0 Å². The van der Waals surface area contributed by atoms with Gasteiger partial charge in [-0.1, -0.05) is 11.2 Å². The van der Waals surface area contributed by atoms with Gasteiger partial charge in [0.2, 0.25) is 0 Å². The highest BCUT2D eigenvalue weighted by Gasteiger charge is 2.06. The fraction of sp³-hybridized carbons (Fsp3) is 0.0833. The fourth-order valence-electron chi connectivity index (χ4n) is 1.21. The Kier molecular flexibility index (Phi) is 4.03. The van der Waals surface area contributed by atoms with Crippen molar-refractivity contribution in [2.45, 2.75) is 6.61 Å². The molecule has 2 rings (SSSR count). The number of carboxylic acid groups (broad SMARTS) is 1. The molecule has 0 aliphatic rings. The van der Waals surface area contributed by atoms with Crippen molar-refractivity contribution in [1.82, 2.24) is 4.98 Å². The van der Waals surface area contributed by atoms with Crippen LogP contribution in [-0.2, 0) is 11.4 Å². The summed E-state index contributed by atoms with van der Waals surface area (Å²) in [5, 5.41) is 12.5. The highest BCUT2D eigenvalue weighted by molar-refractivity contribution is 7.13. The first kappa shape index (κ1) is 12.3. The number of hydrogen-bond acceptors (Lipinski definition) is 5. The first-order valence-electron chi connectivity index (χ1n) is 5.14. The summed E-state index contributed by atoms with van der Waals surface area (Å²) in [4.78, 5) is 20.9. The molecule has 2 aromatic rings. The molecule has 0 aromatic carbocycles. The smallest absolute Gasteiger partial charge is 0.345 e. The second kappa shape index (κ2) is 5.92. The van der Waals surface area contributed by atoms with Crippen molar-refractivity contribution in [2.24, 2.45) is 5.16 Å². The van der Waals surface area contributed by atoms with E-state index in [1.807, 2.05) is 12.1 Å². The van der Waals surface area contributed by atoms with Gasteiger partial charge in [-0.2, -0.15) is 0 Å². The monoisotopic (exact) mass is 262 g/mol. The molecule has 0 amide bonds. The molecule has 1 N–H and O–H groups in total. The second-order valence-electron chi connectivity index (χ2n) is 3.33. The van der Waals surface area contributed by atoms with Gasteiger partial charge < -0.3 is 9.94 Å². The van der Waals surface area contributed by atoms with Gasteiger partial charge in [-0.25, -0.2) is 4.79 Å². The minimum Gasteiger partial charge on any atom is -0.477 e. The highest BCUT2D eigenvalue weighted by atomic mass is 32.1. The lowest BCUT2D eigenvalue weighted by Crippen LogP contribution is -1.90. The molecule has 0 fully saturated rings. The van der Waals surface area contributed by atoms with Gasteiger partial charge in [-0.05, 0) is 24.3 Å². The van der Waals surface area contributed by atoms with Gasteiger partial charge in [0, 0.05) is 11.1 Å². The molecule has 0 spiro atoms. The van der Waals surface area contributed by atoms with Crippen LogP contribution in [0.3, 0.4) is 0 Å². The number of thiophene rings is 1. The molecule has 0 bridgehead atoms. The van der Waals surface area contributed by atoms with E-state index in [9.17, 15) is 4.79 Å². The number of pyridine rings is 1. The number of oxime groups is 1. The Morgan fingerprint density at radius 3 is 3.00 bits per heavy atom. The summed E-state index contributed by atoms with van der Waals surface area (Å²) in [5.41, 5.74) is 0.704. The molecule has 0 aliphatic heterocycles. The third kappa shape index (κ3) is 3.39. The number of aromatic carboxylic acids is 1. The molecule has 6 heteroatoms. The summed E-state index contributed by atoms with van der Waals surface area (Å²) in [6.45, 7) is 0.251. The average Bonchev–Trinajstić information content (AvgIpc) is 2.85. The molecule has 0 atom stereocenters. The SMILES string of the molecule is O=C(O)c1ccc(CON=Cc2ccccn2)s1. The average molecular weight is 262 g/mol. The molecular formula is C12H10N2O3S. The predicted octanol–water partition coefficient (Wildman–Crippen LogP) is 2.39. The lowest BCUT2D eigenvalue weighted by molar-refractivity contribution is 0.0702. The zero-order valence-corrected chi connectivity index (χ0v) is 10.1. The molecule has 92 valence electrons. The maximum atomic E-state index is 10.7. The van der Waals surface area contributed by atoms with Crippen LogP contribution in [0.2, 0.25) is 0 Å². The van der Waals surface area contributed by atoms with Crippen LogP contribution in [0, 0.1) is 0 Å². The van der Waals surface area contributed by atoms with Crippen molar-refractivity contribution < 1.29 is 14.7 Å². The lowest BCUT2D eigenvalue weighted by atomic mass is 10.4. The first-order valence-corrected chi connectivity index (χ1v) is 5.96.